The molecule has 0 aromatic heterocycles. The van der Waals surface area contributed by atoms with Crippen molar-refractivity contribution >= 4 is 17.6 Å². The van der Waals surface area contributed by atoms with E-state index in [0.29, 0.717) is 34.4 Å². The van der Waals surface area contributed by atoms with E-state index in [9.17, 15) is 9.59 Å². The molecule has 0 saturated heterocycles. The molecule has 150 valence electrons. The monoisotopic (exact) mass is 387 g/mol. The van der Waals surface area contributed by atoms with Crippen LogP contribution in [0.15, 0.2) is 36.4 Å². The molecule has 7 heteroatoms. The predicted octanol–water partition coefficient (Wildman–Crippen LogP) is 3.63. The molecule has 1 N–H and O–H groups in total. The van der Waals surface area contributed by atoms with E-state index < -0.39 is 18.5 Å². The van der Waals surface area contributed by atoms with Gasteiger partial charge in [0.25, 0.3) is 5.91 Å². The van der Waals surface area contributed by atoms with Gasteiger partial charge in [0.1, 0.15) is 0 Å². The number of hydrogen-bond acceptors (Lipinski definition) is 6. The van der Waals surface area contributed by atoms with Gasteiger partial charge in [0, 0.05) is 17.8 Å². The van der Waals surface area contributed by atoms with Gasteiger partial charge in [0.2, 0.25) is 5.75 Å². The van der Waals surface area contributed by atoms with Gasteiger partial charge in [0.05, 0.1) is 26.9 Å². The van der Waals surface area contributed by atoms with Gasteiger partial charge in [-0.2, -0.15) is 0 Å². The highest BCUT2D eigenvalue weighted by molar-refractivity contribution is 5.96. The van der Waals surface area contributed by atoms with Crippen LogP contribution in [0.2, 0.25) is 0 Å². The number of rotatable bonds is 8. The summed E-state index contributed by atoms with van der Waals surface area (Å²) in [7, 11) is 4.45. The van der Waals surface area contributed by atoms with E-state index in [-0.39, 0.29) is 0 Å². The Kier molecular flexibility index (Phi) is 7.26. The van der Waals surface area contributed by atoms with Crippen LogP contribution in [-0.4, -0.2) is 39.8 Å². The lowest BCUT2D eigenvalue weighted by Gasteiger charge is -2.14. The van der Waals surface area contributed by atoms with E-state index in [1.54, 1.807) is 24.3 Å². The molecule has 0 aliphatic rings. The third-order valence-corrected chi connectivity index (χ3v) is 4.10. The summed E-state index contributed by atoms with van der Waals surface area (Å²) in [5.41, 5.74) is 1.94. The fourth-order valence-electron chi connectivity index (χ4n) is 2.57. The van der Waals surface area contributed by atoms with Gasteiger partial charge in [0.15, 0.2) is 18.1 Å². The van der Waals surface area contributed by atoms with Crippen LogP contribution in [0.1, 0.15) is 35.7 Å². The van der Waals surface area contributed by atoms with Crippen molar-refractivity contribution < 1.29 is 28.5 Å². The number of methoxy groups -OCH3 is 3. The summed E-state index contributed by atoms with van der Waals surface area (Å²) in [5, 5.41) is 2.64. The first-order chi connectivity index (χ1) is 13.4. The van der Waals surface area contributed by atoms with Crippen LogP contribution in [0.5, 0.6) is 17.2 Å². The minimum atomic E-state index is -0.560. The third kappa shape index (κ3) is 5.16. The summed E-state index contributed by atoms with van der Waals surface area (Å²) in [6.07, 6.45) is 0. The maximum Gasteiger partial charge on any atom is 0.338 e. The van der Waals surface area contributed by atoms with Crippen molar-refractivity contribution in [1.29, 1.82) is 0 Å². The first-order valence-electron chi connectivity index (χ1n) is 8.76. The molecule has 0 saturated carbocycles. The number of anilines is 1. The minimum absolute atomic E-state index is 0.370. The maximum atomic E-state index is 12.1. The highest BCUT2D eigenvalue weighted by atomic mass is 16.5. The lowest BCUT2D eigenvalue weighted by molar-refractivity contribution is -0.119. The van der Waals surface area contributed by atoms with Gasteiger partial charge in [-0.05, 0) is 23.6 Å². The molecule has 0 fully saturated rings. The number of hydrogen-bond donors (Lipinski definition) is 1. The fraction of sp³-hybridized carbons (Fsp3) is 0.333. The van der Waals surface area contributed by atoms with E-state index in [0.717, 1.165) is 5.56 Å². The van der Waals surface area contributed by atoms with Crippen molar-refractivity contribution in [3.63, 3.8) is 0 Å². The van der Waals surface area contributed by atoms with Crippen molar-refractivity contribution in [1.82, 2.24) is 0 Å². The Morgan fingerprint density at radius 2 is 1.50 bits per heavy atom. The summed E-state index contributed by atoms with van der Waals surface area (Å²) in [5.74, 6) is 0.546. The standard InChI is InChI=1S/C21H25NO6/c1-13(2)14-6-8-15(9-7-14)21(24)28-12-19(23)22-16-10-17(25-3)20(27-5)18(11-16)26-4/h6-11,13H,12H2,1-5H3,(H,22,23). The highest BCUT2D eigenvalue weighted by Gasteiger charge is 2.16. The van der Waals surface area contributed by atoms with Crippen LogP contribution >= 0.6 is 0 Å². The molecule has 0 aliphatic heterocycles. The van der Waals surface area contributed by atoms with Crippen molar-refractivity contribution in [2.45, 2.75) is 19.8 Å². The van der Waals surface area contributed by atoms with Crippen molar-refractivity contribution in [3.8, 4) is 17.2 Å². The van der Waals surface area contributed by atoms with Crippen LogP contribution in [0, 0.1) is 0 Å². The molecule has 0 unspecified atom stereocenters. The molecule has 2 rings (SSSR count). The minimum Gasteiger partial charge on any atom is -0.493 e. The van der Waals surface area contributed by atoms with E-state index in [1.165, 1.54) is 21.3 Å². The van der Waals surface area contributed by atoms with Crippen LogP contribution < -0.4 is 19.5 Å². The smallest absolute Gasteiger partial charge is 0.338 e. The molecule has 2 aromatic carbocycles. The van der Waals surface area contributed by atoms with E-state index in [2.05, 4.69) is 19.2 Å². The van der Waals surface area contributed by atoms with Gasteiger partial charge in [-0.1, -0.05) is 26.0 Å². The van der Waals surface area contributed by atoms with Crippen LogP contribution in [0.25, 0.3) is 0 Å². The molecule has 7 nitrogen and oxygen atoms in total. The van der Waals surface area contributed by atoms with E-state index >= 15 is 0 Å². The molecule has 0 spiro atoms. The van der Waals surface area contributed by atoms with Gasteiger partial charge in [-0.3, -0.25) is 4.79 Å². The number of benzene rings is 2. The average molecular weight is 387 g/mol. The first kappa shape index (κ1) is 21.1. The number of amides is 1. The Balaban J connectivity index is 1.99. The van der Waals surface area contributed by atoms with Gasteiger partial charge < -0.3 is 24.3 Å². The predicted molar refractivity (Wildman–Crippen MR) is 106 cm³/mol. The summed E-state index contributed by atoms with van der Waals surface area (Å²) in [6.45, 7) is 3.73. The molecule has 0 heterocycles. The van der Waals surface area contributed by atoms with Crippen molar-refractivity contribution in [2.75, 3.05) is 33.3 Å². The number of ether oxygens (including phenoxy) is 4. The zero-order chi connectivity index (χ0) is 20.7. The quantitative estimate of drug-likeness (QED) is 0.697. The lowest BCUT2D eigenvalue weighted by Crippen LogP contribution is -2.21. The molecular formula is C21H25NO6. The summed E-state index contributed by atoms with van der Waals surface area (Å²) in [4.78, 5) is 24.3. The summed E-state index contributed by atoms with van der Waals surface area (Å²) >= 11 is 0. The zero-order valence-corrected chi connectivity index (χ0v) is 16.7. The second-order valence-corrected chi connectivity index (χ2v) is 6.32. The second-order valence-electron chi connectivity index (χ2n) is 6.32. The lowest BCUT2D eigenvalue weighted by atomic mass is 10.0. The highest BCUT2D eigenvalue weighted by Crippen LogP contribution is 2.39. The Bertz CT molecular complexity index is 804. The Hall–Kier alpha value is -3.22. The van der Waals surface area contributed by atoms with E-state index in [1.807, 2.05) is 12.1 Å². The number of carbonyl (C=O) groups is 2. The van der Waals surface area contributed by atoms with E-state index in [4.69, 9.17) is 18.9 Å². The van der Waals surface area contributed by atoms with Crippen LogP contribution in [0.4, 0.5) is 5.69 Å². The third-order valence-electron chi connectivity index (χ3n) is 4.10. The largest absolute Gasteiger partial charge is 0.493 e. The first-order valence-corrected chi connectivity index (χ1v) is 8.76. The normalized spacial score (nSPS) is 10.4. The SMILES string of the molecule is COc1cc(NC(=O)COC(=O)c2ccc(C(C)C)cc2)cc(OC)c1OC. The van der Waals surface area contributed by atoms with Gasteiger partial charge in [-0.25, -0.2) is 4.79 Å². The Labute approximate surface area is 164 Å². The second kappa shape index (κ2) is 9.64. The fourth-order valence-corrected chi connectivity index (χ4v) is 2.57. The number of nitrogens with one attached hydrogen (secondary N) is 1. The molecule has 0 atom stereocenters. The Morgan fingerprint density at radius 3 is 1.96 bits per heavy atom. The molecule has 2 aromatic rings. The molecule has 1 amide bonds. The number of esters is 1. The zero-order valence-electron chi connectivity index (χ0n) is 16.7. The molecular weight excluding hydrogens is 362 g/mol. The Morgan fingerprint density at radius 1 is 0.929 bits per heavy atom. The van der Waals surface area contributed by atoms with Crippen LogP contribution in [0.3, 0.4) is 0 Å². The average Bonchev–Trinajstić information content (AvgIpc) is 2.71. The van der Waals surface area contributed by atoms with Gasteiger partial charge in [-0.15, -0.1) is 0 Å². The maximum absolute atomic E-state index is 12.1. The number of carbonyl (C=O) groups excluding carboxylic acids is 2. The molecule has 0 aliphatic carbocycles. The van der Waals surface area contributed by atoms with Crippen molar-refractivity contribution in [2.24, 2.45) is 0 Å². The topological polar surface area (TPSA) is 83.1 Å². The summed E-state index contributed by atoms with van der Waals surface area (Å²) < 4.78 is 20.8. The van der Waals surface area contributed by atoms with Crippen molar-refractivity contribution in [3.05, 3.63) is 47.5 Å². The molecule has 0 bridgehead atoms. The van der Waals surface area contributed by atoms with Crippen LogP contribution in [-0.2, 0) is 9.53 Å². The molecule has 28 heavy (non-hydrogen) atoms. The van der Waals surface area contributed by atoms with Gasteiger partial charge >= 0.3 is 5.97 Å². The molecule has 0 radical (unpaired) electrons. The summed E-state index contributed by atoms with van der Waals surface area (Å²) in [6, 6.07) is 10.3.